The van der Waals surface area contributed by atoms with Gasteiger partial charge in [0.2, 0.25) is 0 Å². The van der Waals surface area contributed by atoms with E-state index in [4.69, 9.17) is 14.2 Å². The third-order valence-corrected chi connectivity index (χ3v) is 3.90. The van der Waals surface area contributed by atoms with Gasteiger partial charge < -0.3 is 14.2 Å². The number of benzene rings is 2. The number of carbonyl (C=O) groups is 1. The minimum atomic E-state index is 0.490. The first-order valence-electron chi connectivity index (χ1n) is 6.20. The lowest BCUT2D eigenvalue weighted by Crippen LogP contribution is -1.95. The zero-order chi connectivity index (χ0) is 15.4. The molecule has 4 nitrogen and oxygen atoms in total. The molecule has 0 fully saturated rings. The highest BCUT2D eigenvalue weighted by atomic mass is 79.9. The van der Waals surface area contributed by atoms with Crippen molar-refractivity contribution in [3.8, 4) is 28.4 Å². The summed E-state index contributed by atoms with van der Waals surface area (Å²) in [6, 6.07) is 9.13. The Labute approximate surface area is 131 Å². The van der Waals surface area contributed by atoms with Crippen LogP contribution in [0.3, 0.4) is 0 Å². The highest BCUT2D eigenvalue weighted by molar-refractivity contribution is 9.10. The number of carbonyl (C=O) groups excluding carboxylic acids is 1. The van der Waals surface area contributed by atoms with Crippen molar-refractivity contribution in [2.75, 3.05) is 21.3 Å². The van der Waals surface area contributed by atoms with Gasteiger partial charge in [0.15, 0.2) is 6.29 Å². The molecule has 110 valence electrons. The Balaban J connectivity index is 2.61. The van der Waals surface area contributed by atoms with E-state index in [1.54, 1.807) is 26.4 Å². The van der Waals surface area contributed by atoms with Crippen LogP contribution in [0.15, 0.2) is 34.8 Å². The molecule has 2 aromatic rings. The van der Waals surface area contributed by atoms with Crippen molar-refractivity contribution in [1.82, 2.24) is 0 Å². The molecule has 0 aliphatic heterocycles. The maximum Gasteiger partial charge on any atom is 0.153 e. The molecule has 0 radical (unpaired) electrons. The van der Waals surface area contributed by atoms with Gasteiger partial charge in [-0.05, 0) is 45.8 Å². The van der Waals surface area contributed by atoms with Crippen molar-refractivity contribution in [1.29, 1.82) is 0 Å². The number of aldehydes is 1. The summed E-state index contributed by atoms with van der Waals surface area (Å²) in [7, 11) is 4.72. The van der Waals surface area contributed by atoms with E-state index in [0.29, 0.717) is 22.8 Å². The number of ether oxygens (including phenoxy) is 3. The predicted molar refractivity (Wildman–Crippen MR) is 84.6 cm³/mol. The van der Waals surface area contributed by atoms with Crippen molar-refractivity contribution in [2.24, 2.45) is 0 Å². The number of hydrogen-bond donors (Lipinski definition) is 0. The topological polar surface area (TPSA) is 44.8 Å². The average Bonchev–Trinajstić information content (AvgIpc) is 2.53. The molecule has 0 aliphatic carbocycles. The molecule has 0 bridgehead atoms. The standard InChI is InChI=1S/C16H15BrO4/c1-19-13-6-4-10(8-11(13)9-18)12-5-7-14(20-2)15(17)16(12)21-3/h4-9H,1-3H3. The van der Waals surface area contributed by atoms with Gasteiger partial charge in [-0.2, -0.15) is 0 Å². The van der Waals surface area contributed by atoms with Crippen LogP contribution in [-0.4, -0.2) is 27.6 Å². The van der Waals surface area contributed by atoms with Gasteiger partial charge >= 0.3 is 0 Å². The van der Waals surface area contributed by atoms with Gasteiger partial charge in [0.25, 0.3) is 0 Å². The first kappa shape index (κ1) is 15.4. The zero-order valence-electron chi connectivity index (χ0n) is 12.0. The number of methoxy groups -OCH3 is 3. The van der Waals surface area contributed by atoms with Crippen molar-refractivity contribution in [3.63, 3.8) is 0 Å². The van der Waals surface area contributed by atoms with E-state index in [-0.39, 0.29) is 0 Å². The maximum absolute atomic E-state index is 11.2. The summed E-state index contributed by atoms with van der Waals surface area (Å²) in [6.45, 7) is 0. The van der Waals surface area contributed by atoms with E-state index < -0.39 is 0 Å². The fourth-order valence-electron chi connectivity index (χ4n) is 2.12. The second kappa shape index (κ2) is 6.63. The van der Waals surface area contributed by atoms with Crippen molar-refractivity contribution >= 4 is 22.2 Å². The fourth-order valence-corrected chi connectivity index (χ4v) is 2.79. The molecule has 0 aliphatic rings. The fraction of sp³-hybridized carbons (Fsp3) is 0.188. The van der Waals surface area contributed by atoms with Crippen LogP contribution in [0.25, 0.3) is 11.1 Å². The highest BCUT2D eigenvalue weighted by Gasteiger charge is 2.15. The van der Waals surface area contributed by atoms with Gasteiger partial charge in [0.05, 0.1) is 26.9 Å². The summed E-state index contributed by atoms with van der Waals surface area (Å²) >= 11 is 3.47. The minimum absolute atomic E-state index is 0.490. The molecular weight excluding hydrogens is 336 g/mol. The molecule has 0 saturated carbocycles. The molecule has 0 N–H and O–H groups in total. The molecule has 2 aromatic carbocycles. The van der Waals surface area contributed by atoms with Crippen LogP contribution in [0.1, 0.15) is 10.4 Å². The normalized spacial score (nSPS) is 10.1. The molecule has 0 unspecified atom stereocenters. The van der Waals surface area contributed by atoms with Crippen molar-refractivity contribution in [2.45, 2.75) is 0 Å². The highest BCUT2D eigenvalue weighted by Crippen LogP contribution is 2.42. The van der Waals surface area contributed by atoms with Crippen LogP contribution in [-0.2, 0) is 0 Å². The number of halogens is 1. The Bertz CT molecular complexity index is 668. The lowest BCUT2D eigenvalue weighted by atomic mass is 10.0. The van der Waals surface area contributed by atoms with E-state index in [2.05, 4.69) is 15.9 Å². The third-order valence-electron chi connectivity index (χ3n) is 3.15. The largest absolute Gasteiger partial charge is 0.496 e. The van der Waals surface area contributed by atoms with Gasteiger partial charge in [0, 0.05) is 5.56 Å². The molecule has 0 atom stereocenters. The summed E-state index contributed by atoms with van der Waals surface area (Å²) in [6.07, 6.45) is 0.771. The maximum atomic E-state index is 11.2. The minimum Gasteiger partial charge on any atom is -0.496 e. The second-order valence-electron chi connectivity index (χ2n) is 4.24. The van der Waals surface area contributed by atoms with Crippen LogP contribution < -0.4 is 14.2 Å². The quantitative estimate of drug-likeness (QED) is 0.765. The van der Waals surface area contributed by atoms with E-state index in [1.807, 2.05) is 18.2 Å². The number of rotatable bonds is 5. The Morgan fingerprint density at radius 1 is 0.952 bits per heavy atom. The predicted octanol–water partition coefficient (Wildman–Crippen LogP) is 3.95. The Kier molecular flexibility index (Phi) is 4.85. The SMILES string of the molecule is COc1ccc(-c2ccc(OC)c(Br)c2OC)cc1C=O. The molecule has 21 heavy (non-hydrogen) atoms. The number of hydrogen-bond acceptors (Lipinski definition) is 4. The Morgan fingerprint density at radius 2 is 1.62 bits per heavy atom. The zero-order valence-corrected chi connectivity index (χ0v) is 13.6. The monoisotopic (exact) mass is 350 g/mol. The average molecular weight is 351 g/mol. The van der Waals surface area contributed by atoms with Gasteiger partial charge in [-0.25, -0.2) is 0 Å². The molecule has 0 heterocycles. The first-order chi connectivity index (χ1) is 10.2. The van der Waals surface area contributed by atoms with Crippen LogP contribution in [0.5, 0.6) is 17.2 Å². The van der Waals surface area contributed by atoms with Gasteiger partial charge in [-0.1, -0.05) is 6.07 Å². The summed E-state index contributed by atoms with van der Waals surface area (Å²) in [4.78, 5) is 11.2. The first-order valence-corrected chi connectivity index (χ1v) is 6.99. The Hall–Kier alpha value is -2.01. The van der Waals surface area contributed by atoms with Gasteiger partial charge in [-0.15, -0.1) is 0 Å². The van der Waals surface area contributed by atoms with E-state index >= 15 is 0 Å². The summed E-state index contributed by atoms with van der Waals surface area (Å²) < 4.78 is 16.6. The molecule has 2 rings (SSSR count). The molecule has 5 heteroatoms. The van der Waals surface area contributed by atoms with Crippen LogP contribution in [0.2, 0.25) is 0 Å². The van der Waals surface area contributed by atoms with Gasteiger partial charge in [-0.3, -0.25) is 4.79 Å². The molecule has 0 spiro atoms. The van der Waals surface area contributed by atoms with Gasteiger partial charge in [0.1, 0.15) is 21.7 Å². The smallest absolute Gasteiger partial charge is 0.153 e. The summed E-state index contributed by atoms with van der Waals surface area (Å²) in [5, 5.41) is 0. The van der Waals surface area contributed by atoms with Crippen LogP contribution in [0.4, 0.5) is 0 Å². The van der Waals surface area contributed by atoms with E-state index in [9.17, 15) is 4.79 Å². The summed E-state index contributed by atoms with van der Waals surface area (Å²) in [5.41, 5.74) is 2.21. The van der Waals surface area contributed by atoms with Crippen molar-refractivity contribution < 1.29 is 19.0 Å². The lowest BCUT2D eigenvalue weighted by Gasteiger charge is -2.14. The van der Waals surface area contributed by atoms with Crippen LogP contribution >= 0.6 is 15.9 Å². The third kappa shape index (κ3) is 2.88. The van der Waals surface area contributed by atoms with E-state index in [1.165, 1.54) is 7.11 Å². The molecular formula is C16H15BrO4. The van der Waals surface area contributed by atoms with Crippen molar-refractivity contribution in [3.05, 3.63) is 40.4 Å². The Morgan fingerprint density at radius 3 is 2.19 bits per heavy atom. The molecule has 0 saturated heterocycles. The second-order valence-corrected chi connectivity index (χ2v) is 5.03. The summed E-state index contributed by atoms with van der Waals surface area (Å²) in [5.74, 6) is 1.87. The molecule has 0 amide bonds. The van der Waals surface area contributed by atoms with E-state index in [0.717, 1.165) is 21.9 Å². The molecule has 0 aromatic heterocycles. The van der Waals surface area contributed by atoms with Crippen LogP contribution in [0, 0.1) is 0 Å². The lowest BCUT2D eigenvalue weighted by molar-refractivity contribution is 0.112.